The Hall–Kier alpha value is 0.310. The highest BCUT2D eigenvalue weighted by atomic mass is 32.2. The minimum atomic E-state index is 0.704. The molecule has 1 saturated heterocycles. The van der Waals surface area contributed by atoms with E-state index in [0.717, 1.165) is 17.2 Å². The Bertz CT molecular complexity index is 170. The minimum absolute atomic E-state index is 0.704. The number of thioether (sulfide) groups is 1. The first kappa shape index (κ1) is 13.4. The van der Waals surface area contributed by atoms with E-state index in [-0.39, 0.29) is 0 Å². The van der Waals surface area contributed by atoms with Gasteiger partial charge in [0.25, 0.3) is 0 Å². The lowest BCUT2D eigenvalue weighted by Gasteiger charge is -2.22. The summed E-state index contributed by atoms with van der Waals surface area (Å²) in [5, 5.41) is 4.60. The number of hydrogen-bond acceptors (Lipinski definition) is 2. The van der Waals surface area contributed by atoms with Crippen molar-refractivity contribution in [2.24, 2.45) is 5.92 Å². The summed E-state index contributed by atoms with van der Waals surface area (Å²) >= 11 is 2.11. The summed E-state index contributed by atoms with van der Waals surface area (Å²) in [6, 6.07) is 1.47. The van der Waals surface area contributed by atoms with E-state index in [4.69, 9.17) is 0 Å². The van der Waals surface area contributed by atoms with E-state index in [1.54, 1.807) is 0 Å². The van der Waals surface area contributed by atoms with Gasteiger partial charge in [-0.05, 0) is 31.4 Å². The molecule has 0 bridgehead atoms. The van der Waals surface area contributed by atoms with Crippen LogP contribution in [0.2, 0.25) is 0 Å². The molecule has 1 N–H and O–H groups in total. The molecule has 3 unspecified atom stereocenters. The zero-order valence-corrected chi connectivity index (χ0v) is 11.6. The average molecular weight is 229 g/mol. The Morgan fingerprint density at radius 2 is 2.00 bits per heavy atom. The maximum absolute atomic E-state index is 3.78. The first-order valence-corrected chi connectivity index (χ1v) is 7.52. The molecule has 0 aromatic rings. The van der Waals surface area contributed by atoms with Crippen molar-refractivity contribution in [3.05, 3.63) is 0 Å². The standard InChI is InChI=1S/C13H27NS/c1-10(2)6-5-7-11(3)14-13-8-9-15-12(13)4/h10-14H,5-9H2,1-4H3. The number of nitrogens with one attached hydrogen (secondary N) is 1. The summed E-state index contributed by atoms with van der Waals surface area (Å²) in [5.41, 5.74) is 0. The third kappa shape index (κ3) is 5.26. The first-order valence-electron chi connectivity index (χ1n) is 6.47. The highest BCUT2D eigenvalue weighted by molar-refractivity contribution is 8.00. The van der Waals surface area contributed by atoms with Crippen LogP contribution in [0.25, 0.3) is 0 Å². The van der Waals surface area contributed by atoms with Gasteiger partial charge >= 0.3 is 0 Å². The molecule has 0 amide bonds. The summed E-state index contributed by atoms with van der Waals surface area (Å²) in [7, 11) is 0. The van der Waals surface area contributed by atoms with E-state index >= 15 is 0 Å². The topological polar surface area (TPSA) is 12.0 Å². The molecule has 1 fully saturated rings. The maximum Gasteiger partial charge on any atom is 0.0194 e. The fourth-order valence-electron chi connectivity index (χ4n) is 2.23. The molecule has 0 aromatic heterocycles. The summed E-state index contributed by atoms with van der Waals surface area (Å²) in [5.74, 6) is 2.20. The van der Waals surface area contributed by atoms with Gasteiger partial charge in [-0.1, -0.05) is 33.6 Å². The fourth-order valence-corrected chi connectivity index (χ4v) is 3.44. The van der Waals surface area contributed by atoms with Crippen LogP contribution in [0.5, 0.6) is 0 Å². The van der Waals surface area contributed by atoms with Crippen LogP contribution in [0.4, 0.5) is 0 Å². The lowest BCUT2D eigenvalue weighted by Crippen LogP contribution is -2.39. The third-order valence-electron chi connectivity index (χ3n) is 3.29. The summed E-state index contributed by atoms with van der Waals surface area (Å²) in [6.45, 7) is 9.33. The monoisotopic (exact) mass is 229 g/mol. The van der Waals surface area contributed by atoms with E-state index in [1.807, 2.05) is 0 Å². The maximum atomic E-state index is 3.78. The van der Waals surface area contributed by atoms with E-state index in [1.165, 1.54) is 31.4 Å². The molecular weight excluding hydrogens is 202 g/mol. The smallest absolute Gasteiger partial charge is 0.0194 e. The van der Waals surface area contributed by atoms with E-state index < -0.39 is 0 Å². The van der Waals surface area contributed by atoms with Crippen molar-refractivity contribution in [1.29, 1.82) is 0 Å². The van der Waals surface area contributed by atoms with Crippen LogP contribution in [0.15, 0.2) is 0 Å². The van der Waals surface area contributed by atoms with Crippen molar-refractivity contribution in [2.45, 2.75) is 70.7 Å². The van der Waals surface area contributed by atoms with E-state index in [2.05, 4.69) is 44.8 Å². The van der Waals surface area contributed by atoms with E-state index in [0.29, 0.717) is 6.04 Å². The molecule has 15 heavy (non-hydrogen) atoms. The van der Waals surface area contributed by atoms with Crippen molar-refractivity contribution < 1.29 is 0 Å². The Morgan fingerprint density at radius 1 is 1.27 bits per heavy atom. The molecule has 0 radical (unpaired) electrons. The third-order valence-corrected chi connectivity index (χ3v) is 4.62. The van der Waals surface area contributed by atoms with Gasteiger partial charge < -0.3 is 5.32 Å². The Labute approximate surface area is 99.8 Å². The van der Waals surface area contributed by atoms with Crippen molar-refractivity contribution >= 4 is 11.8 Å². The van der Waals surface area contributed by atoms with Gasteiger partial charge in [-0.3, -0.25) is 0 Å². The lowest BCUT2D eigenvalue weighted by molar-refractivity contribution is 0.403. The highest BCUT2D eigenvalue weighted by Crippen LogP contribution is 2.26. The molecule has 1 aliphatic rings. The van der Waals surface area contributed by atoms with Crippen LogP contribution in [-0.2, 0) is 0 Å². The Kier molecular flexibility index (Phi) is 6.06. The van der Waals surface area contributed by atoms with Crippen LogP contribution >= 0.6 is 11.8 Å². The van der Waals surface area contributed by atoms with Crippen LogP contribution < -0.4 is 5.32 Å². The molecular formula is C13H27NS. The molecule has 0 aliphatic carbocycles. The van der Waals surface area contributed by atoms with Crippen molar-refractivity contribution in [3.8, 4) is 0 Å². The second kappa shape index (κ2) is 6.80. The molecule has 2 heteroatoms. The molecule has 0 saturated carbocycles. The number of rotatable bonds is 6. The second-order valence-corrected chi connectivity index (χ2v) is 6.85. The molecule has 90 valence electrons. The van der Waals surface area contributed by atoms with Gasteiger partial charge in [0.2, 0.25) is 0 Å². The minimum Gasteiger partial charge on any atom is -0.310 e. The molecule has 0 spiro atoms. The molecule has 3 atom stereocenters. The first-order chi connectivity index (χ1) is 7.09. The summed E-state index contributed by atoms with van der Waals surface area (Å²) in [6.07, 6.45) is 5.45. The predicted octanol–water partition coefficient (Wildman–Crippen LogP) is 3.68. The van der Waals surface area contributed by atoms with Gasteiger partial charge in [-0.2, -0.15) is 11.8 Å². The molecule has 1 rings (SSSR count). The van der Waals surface area contributed by atoms with Gasteiger partial charge in [0, 0.05) is 17.3 Å². The Balaban J connectivity index is 2.09. The fraction of sp³-hybridized carbons (Fsp3) is 1.00. The van der Waals surface area contributed by atoms with Crippen LogP contribution in [0.1, 0.15) is 53.4 Å². The number of hydrogen-bond donors (Lipinski definition) is 1. The molecule has 1 aliphatic heterocycles. The van der Waals surface area contributed by atoms with Crippen LogP contribution in [-0.4, -0.2) is 23.1 Å². The van der Waals surface area contributed by atoms with Gasteiger partial charge in [0.05, 0.1) is 0 Å². The van der Waals surface area contributed by atoms with Gasteiger partial charge in [-0.15, -0.1) is 0 Å². The Morgan fingerprint density at radius 3 is 2.53 bits per heavy atom. The molecule has 1 nitrogen and oxygen atoms in total. The summed E-state index contributed by atoms with van der Waals surface area (Å²) in [4.78, 5) is 0. The zero-order valence-electron chi connectivity index (χ0n) is 10.8. The van der Waals surface area contributed by atoms with Crippen molar-refractivity contribution in [2.75, 3.05) is 5.75 Å². The van der Waals surface area contributed by atoms with Gasteiger partial charge in [0.15, 0.2) is 0 Å². The highest BCUT2D eigenvalue weighted by Gasteiger charge is 2.24. The van der Waals surface area contributed by atoms with Crippen LogP contribution in [0, 0.1) is 5.92 Å². The lowest BCUT2D eigenvalue weighted by atomic mass is 10.0. The van der Waals surface area contributed by atoms with Gasteiger partial charge in [0.1, 0.15) is 0 Å². The normalized spacial score (nSPS) is 28.6. The largest absolute Gasteiger partial charge is 0.310 e. The van der Waals surface area contributed by atoms with Crippen molar-refractivity contribution in [1.82, 2.24) is 5.32 Å². The molecule has 0 aromatic carbocycles. The SMILES string of the molecule is CC(C)CCCC(C)NC1CCSC1C. The molecule has 1 heterocycles. The predicted molar refractivity (Wildman–Crippen MR) is 71.6 cm³/mol. The average Bonchev–Trinajstić information content (AvgIpc) is 2.51. The summed E-state index contributed by atoms with van der Waals surface area (Å²) < 4.78 is 0. The van der Waals surface area contributed by atoms with Gasteiger partial charge in [-0.25, -0.2) is 0 Å². The van der Waals surface area contributed by atoms with Crippen LogP contribution in [0.3, 0.4) is 0 Å². The second-order valence-electron chi connectivity index (χ2n) is 5.36. The zero-order chi connectivity index (χ0) is 11.3. The van der Waals surface area contributed by atoms with Crippen molar-refractivity contribution in [3.63, 3.8) is 0 Å². The van der Waals surface area contributed by atoms with E-state index in [9.17, 15) is 0 Å². The quantitative estimate of drug-likeness (QED) is 0.745.